The van der Waals surface area contributed by atoms with Gasteiger partial charge in [0.2, 0.25) is 6.79 Å². The molecule has 19 heavy (non-hydrogen) atoms. The molecule has 4 nitrogen and oxygen atoms in total. The van der Waals surface area contributed by atoms with Gasteiger partial charge in [0.05, 0.1) is 0 Å². The summed E-state index contributed by atoms with van der Waals surface area (Å²) in [5.41, 5.74) is 5.88. The summed E-state index contributed by atoms with van der Waals surface area (Å²) in [5, 5.41) is 0. The summed E-state index contributed by atoms with van der Waals surface area (Å²) in [7, 11) is 0. The van der Waals surface area contributed by atoms with Crippen molar-refractivity contribution in [1.82, 2.24) is 0 Å². The van der Waals surface area contributed by atoms with Crippen molar-refractivity contribution in [3.63, 3.8) is 0 Å². The molecule has 0 aromatic heterocycles. The van der Waals surface area contributed by atoms with Crippen LogP contribution in [-0.4, -0.2) is 19.4 Å². The van der Waals surface area contributed by atoms with Gasteiger partial charge >= 0.3 is 0 Å². The van der Waals surface area contributed by atoms with E-state index in [1.807, 2.05) is 18.2 Å². The smallest absolute Gasteiger partial charge is 0.231 e. The van der Waals surface area contributed by atoms with E-state index in [0.29, 0.717) is 19.3 Å². The molecule has 2 N–H and O–H groups in total. The number of ether oxygens (including phenoxy) is 3. The molecule has 1 aliphatic heterocycles. The fraction of sp³-hybridized carbons (Fsp3) is 0.600. The highest BCUT2D eigenvalue weighted by Crippen LogP contribution is 2.36. The number of hydrogen-bond acceptors (Lipinski definition) is 4. The molecule has 0 radical (unpaired) electrons. The minimum absolute atomic E-state index is 0.230. The van der Waals surface area contributed by atoms with Gasteiger partial charge in [0.25, 0.3) is 0 Å². The molecule has 1 heterocycles. The summed E-state index contributed by atoms with van der Waals surface area (Å²) >= 11 is 0. The second-order valence-corrected chi connectivity index (χ2v) is 5.31. The van der Waals surface area contributed by atoms with Crippen LogP contribution in [0.25, 0.3) is 0 Å². The zero-order valence-corrected chi connectivity index (χ0v) is 11.1. The summed E-state index contributed by atoms with van der Waals surface area (Å²) in [6.07, 6.45) is 6.28. The summed E-state index contributed by atoms with van der Waals surface area (Å²) in [6, 6.07) is 5.78. The zero-order valence-electron chi connectivity index (χ0n) is 11.1. The van der Waals surface area contributed by atoms with Crippen molar-refractivity contribution in [1.29, 1.82) is 0 Å². The van der Waals surface area contributed by atoms with Crippen molar-refractivity contribution in [2.45, 2.75) is 38.2 Å². The van der Waals surface area contributed by atoms with Crippen LogP contribution in [-0.2, 0) is 0 Å². The standard InChI is InChI=1S/C15H21NO3/c16-9-11-4-2-1-3-5-13(11)19-12-6-7-14-15(8-12)18-10-17-14/h6-8,11,13H,1-5,9-10,16H2. The van der Waals surface area contributed by atoms with E-state index in [1.54, 1.807) is 0 Å². The van der Waals surface area contributed by atoms with Crippen LogP contribution in [0.2, 0.25) is 0 Å². The van der Waals surface area contributed by atoms with Crippen molar-refractivity contribution in [3.05, 3.63) is 18.2 Å². The van der Waals surface area contributed by atoms with Crippen molar-refractivity contribution in [2.75, 3.05) is 13.3 Å². The summed E-state index contributed by atoms with van der Waals surface area (Å²) in [5.74, 6) is 2.89. The molecule has 4 heteroatoms. The Bertz CT molecular complexity index is 435. The highest BCUT2D eigenvalue weighted by molar-refractivity contribution is 5.46. The zero-order chi connectivity index (χ0) is 13.1. The molecule has 1 saturated carbocycles. The Hall–Kier alpha value is -1.42. The molecule has 0 amide bonds. The highest BCUT2D eigenvalue weighted by Gasteiger charge is 2.25. The van der Waals surface area contributed by atoms with Crippen LogP contribution in [0.1, 0.15) is 32.1 Å². The number of nitrogens with two attached hydrogens (primary N) is 1. The number of benzene rings is 1. The van der Waals surface area contributed by atoms with E-state index >= 15 is 0 Å². The largest absolute Gasteiger partial charge is 0.490 e. The van der Waals surface area contributed by atoms with Crippen LogP contribution in [0.5, 0.6) is 17.2 Å². The first-order valence-electron chi connectivity index (χ1n) is 7.13. The summed E-state index contributed by atoms with van der Waals surface area (Å²) < 4.78 is 16.8. The Kier molecular flexibility index (Phi) is 3.78. The Morgan fingerprint density at radius 2 is 1.95 bits per heavy atom. The summed E-state index contributed by atoms with van der Waals surface area (Å²) in [4.78, 5) is 0. The van der Waals surface area contributed by atoms with Crippen LogP contribution in [0.4, 0.5) is 0 Å². The van der Waals surface area contributed by atoms with Gasteiger partial charge in [-0.2, -0.15) is 0 Å². The highest BCUT2D eigenvalue weighted by atomic mass is 16.7. The predicted octanol–water partition coefficient (Wildman–Crippen LogP) is 2.70. The average Bonchev–Trinajstić information content (AvgIpc) is 2.78. The van der Waals surface area contributed by atoms with Crippen molar-refractivity contribution in [3.8, 4) is 17.2 Å². The van der Waals surface area contributed by atoms with E-state index in [4.69, 9.17) is 19.9 Å². The minimum atomic E-state index is 0.230. The average molecular weight is 263 g/mol. The third-order valence-corrected chi connectivity index (χ3v) is 4.02. The molecule has 2 atom stereocenters. The first-order valence-corrected chi connectivity index (χ1v) is 7.13. The van der Waals surface area contributed by atoms with E-state index in [2.05, 4.69) is 0 Å². The Balaban J connectivity index is 1.72. The van der Waals surface area contributed by atoms with Crippen molar-refractivity contribution >= 4 is 0 Å². The molecular formula is C15H21NO3. The summed E-state index contributed by atoms with van der Waals surface area (Å²) in [6.45, 7) is 1.00. The molecular weight excluding hydrogens is 242 g/mol. The van der Waals surface area contributed by atoms with Crippen molar-refractivity contribution < 1.29 is 14.2 Å². The molecule has 0 spiro atoms. The molecule has 0 saturated heterocycles. The lowest BCUT2D eigenvalue weighted by Gasteiger charge is -2.25. The SMILES string of the molecule is NCC1CCCCCC1Oc1ccc2c(c1)OCO2. The maximum Gasteiger partial charge on any atom is 0.231 e. The van der Waals surface area contributed by atoms with Gasteiger partial charge in [-0.25, -0.2) is 0 Å². The topological polar surface area (TPSA) is 53.7 Å². The lowest BCUT2D eigenvalue weighted by atomic mass is 9.97. The first-order chi connectivity index (χ1) is 9.36. The van der Waals surface area contributed by atoms with Crippen LogP contribution in [0, 0.1) is 5.92 Å². The quantitative estimate of drug-likeness (QED) is 0.852. The molecule has 0 bridgehead atoms. The van der Waals surface area contributed by atoms with E-state index in [9.17, 15) is 0 Å². The van der Waals surface area contributed by atoms with Crippen LogP contribution in [0.3, 0.4) is 0 Å². The number of hydrogen-bond donors (Lipinski definition) is 1. The van der Waals surface area contributed by atoms with Gasteiger partial charge in [-0.3, -0.25) is 0 Å². The lowest BCUT2D eigenvalue weighted by molar-refractivity contribution is 0.129. The predicted molar refractivity (Wildman–Crippen MR) is 72.6 cm³/mol. The molecule has 1 aromatic carbocycles. The lowest BCUT2D eigenvalue weighted by Crippen LogP contribution is -2.31. The molecule has 2 unspecified atom stereocenters. The fourth-order valence-electron chi connectivity index (χ4n) is 2.90. The van der Waals surface area contributed by atoms with Gasteiger partial charge in [0.15, 0.2) is 11.5 Å². The first kappa shape index (κ1) is 12.6. The molecule has 1 aromatic rings. The second-order valence-electron chi connectivity index (χ2n) is 5.31. The fourth-order valence-corrected chi connectivity index (χ4v) is 2.90. The van der Waals surface area contributed by atoms with Crippen molar-refractivity contribution in [2.24, 2.45) is 11.7 Å². The van der Waals surface area contributed by atoms with E-state index < -0.39 is 0 Å². The molecule has 3 rings (SSSR count). The van der Waals surface area contributed by atoms with Crippen LogP contribution < -0.4 is 19.9 Å². The number of fused-ring (bicyclic) bond motifs is 1. The van der Waals surface area contributed by atoms with Gasteiger partial charge < -0.3 is 19.9 Å². The minimum Gasteiger partial charge on any atom is -0.490 e. The third kappa shape index (κ3) is 2.78. The molecule has 104 valence electrons. The van der Waals surface area contributed by atoms with Crippen LogP contribution >= 0.6 is 0 Å². The second kappa shape index (κ2) is 5.70. The normalized spacial score (nSPS) is 25.9. The van der Waals surface area contributed by atoms with Gasteiger partial charge in [0, 0.05) is 12.0 Å². The Labute approximate surface area is 113 Å². The van der Waals surface area contributed by atoms with Gasteiger partial charge in [-0.1, -0.05) is 12.8 Å². The van der Waals surface area contributed by atoms with Crippen LogP contribution in [0.15, 0.2) is 18.2 Å². The van der Waals surface area contributed by atoms with E-state index in [-0.39, 0.29) is 6.10 Å². The monoisotopic (exact) mass is 263 g/mol. The van der Waals surface area contributed by atoms with Gasteiger partial charge in [-0.15, -0.1) is 0 Å². The Morgan fingerprint density at radius 1 is 1.11 bits per heavy atom. The van der Waals surface area contributed by atoms with E-state index in [0.717, 1.165) is 23.7 Å². The Morgan fingerprint density at radius 3 is 2.84 bits per heavy atom. The maximum atomic E-state index is 6.15. The third-order valence-electron chi connectivity index (χ3n) is 4.02. The van der Waals surface area contributed by atoms with E-state index in [1.165, 1.54) is 25.7 Å². The van der Waals surface area contributed by atoms with Gasteiger partial charge in [-0.05, 0) is 37.9 Å². The number of rotatable bonds is 3. The molecule has 2 aliphatic rings. The molecule has 1 fully saturated rings. The maximum absolute atomic E-state index is 6.15. The van der Waals surface area contributed by atoms with Gasteiger partial charge in [0.1, 0.15) is 11.9 Å². The molecule has 1 aliphatic carbocycles.